The summed E-state index contributed by atoms with van der Waals surface area (Å²) in [6.45, 7) is 0. The van der Waals surface area contributed by atoms with Gasteiger partial charge in [-0.1, -0.05) is 0 Å². The van der Waals surface area contributed by atoms with Crippen molar-refractivity contribution in [2.24, 2.45) is 0 Å². The molecule has 0 atom stereocenters. The van der Waals surface area contributed by atoms with E-state index in [0.717, 1.165) is 18.5 Å². The smallest absolute Gasteiger partial charge is 0.296 e. The van der Waals surface area contributed by atoms with E-state index < -0.39 is 0 Å². The predicted octanol–water partition coefficient (Wildman–Crippen LogP) is 0.415. The van der Waals surface area contributed by atoms with E-state index in [-0.39, 0.29) is 5.56 Å². The van der Waals surface area contributed by atoms with Gasteiger partial charge in [-0.3, -0.25) is 9.89 Å². The molecule has 0 spiro atoms. The summed E-state index contributed by atoms with van der Waals surface area (Å²) >= 11 is 0. The van der Waals surface area contributed by atoms with Gasteiger partial charge in [-0.15, -0.1) is 5.10 Å². The fraction of sp³-hybridized carbons (Fsp3) is 0.300. The van der Waals surface area contributed by atoms with Crippen molar-refractivity contribution in [1.82, 2.24) is 20.0 Å². The Morgan fingerprint density at radius 2 is 2.31 bits per heavy atom. The van der Waals surface area contributed by atoms with Gasteiger partial charge in [-0.2, -0.15) is 9.78 Å². The molecule has 1 saturated carbocycles. The number of anilines is 1. The van der Waals surface area contributed by atoms with E-state index in [2.05, 4.69) is 15.3 Å². The van der Waals surface area contributed by atoms with Crippen LogP contribution < -0.4 is 11.3 Å². The van der Waals surface area contributed by atoms with E-state index in [1.54, 1.807) is 18.3 Å². The van der Waals surface area contributed by atoms with Crippen molar-refractivity contribution in [1.29, 1.82) is 0 Å². The Morgan fingerprint density at radius 1 is 1.50 bits per heavy atom. The van der Waals surface area contributed by atoms with Crippen molar-refractivity contribution in [3.8, 4) is 5.82 Å². The molecule has 3 N–H and O–H groups in total. The van der Waals surface area contributed by atoms with Crippen molar-refractivity contribution in [2.75, 3.05) is 5.73 Å². The van der Waals surface area contributed by atoms with Gasteiger partial charge in [0.2, 0.25) is 0 Å². The molecule has 2 aromatic heterocycles. The maximum Gasteiger partial charge on any atom is 0.296 e. The zero-order chi connectivity index (χ0) is 11.1. The molecule has 0 radical (unpaired) electrons. The topological polar surface area (TPSA) is 89.6 Å². The lowest BCUT2D eigenvalue weighted by Crippen LogP contribution is -2.17. The van der Waals surface area contributed by atoms with Crippen LogP contribution in [0.25, 0.3) is 5.82 Å². The van der Waals surface area contributed by atoms with E-state index in [9.17, 15) is 4.79 Å². The third kappa shape index (κ3) is 1.30. The maximum atomic E-state index is 11.9. The van der Waals surface area contributed by atoms with Crippen LogP contribution in [0.4, 0.5) is 5.69 Å². The molecule has 6 nitrogen and oxygen atoms in total. The molecule has 2 heterocycles. The third-order valence-electron chi connectivity index (χ3n) is 2.73. The molecular formula is C10H11N5O. The number of aromatic nitrogens is 4. The minimum atomic E-state index is -0.248. The molecule has 1 fully saturated rings. The summed E-state index contributed by atoms with van der Waals surface area (Å²) in [5.41, 5.74) is 6.65. The van der Waals surface area contributed by atoms with Crippen LogP contribution in [0.15, 0.2) is 23.1 Å². The number of rotatable bonds is 2. The summed E-state index contributed by atoms with van der Waals surface area (Å²) < 4.78 is 1.34. The van der Waals surface area contributed by atoms with Gasteiger partial charge in [0.1, 0.15) is 5.69 Å². The number of nitrogens with zero attached hydrogens (tertiary/aromatic N) is 3. The van der Waals surface area contributed by atoms with Gasteiger partial charge in [0.25, 0.3) is 5.56 Å². The molecule has 6 heteroatoms. The van der Waals surface area contributed by atoms with Crippen molar-refractivity contribution < 1.29 is 0 Å². The Kier molecular flexibility index (Phi) is 1.82. The summed E-state index contributed by atoms with van der Waals surface area (Å²) in [6.07, 6.45) is 3.73. The highest BCUT2D eigenvalue weighted by atomic mass is 16.1. The van der Waals surface area contributed by atoms with Crippen molar-refractivity contribution in [2.45, 2.75) is 18.8 Å². The summed E-state index contributed by atoms with van der Waals surface area (Å²) in [5.74, 6) is 0.872. The second-order valence-electron chi connectivity index (χ2n) is 3.94. The number of aromatic amines is 1. The average Bonchev–Trinajstić information content (AvgIpc) is 3.10. The van der Waals surface area contributed by atoms with Crippen LogP contribution in [0.1, 0.15) is 24.5 Å². The number of H-pyrrole nitrogens is 1. The lowest BCUT2D eigenvalue weighted by Gasteiger charge is -1.97. The fourth-order valence-electron chi connectivity index (χ4n) is 1.72. The molecule has 2 aromatic rings. The highest BCUT2D eigenvalue weighted by molar-refractivity contribution is 5.46. The van der Waals surface area contributed by atoms with Crippen molar-refractivity contribution in [3.63, 3.8) is 0 Å². The Hall–Kier alpha value is -2.11. The fourth-order valence-corrected chi connectivity index (χ4v) is 1.72. The van der Waals surface area contributed by atoms with Gasteiger partial charge < -0.3 is 5.73 Å². The molecule has 82 valence electrons. The monoisotopic (exact) mass is 217 g/mol. The Balaban J connectivity index is 2.15. The molecule has 1 aliphatic rings. The van der Waals surface area contributed by atoms with Crippen molar-refractivity contribution >= 4 is 5.69 Å². The van der Waals surface area contributed by atoms with Gasteiger partial charge in [-0.05, 0) is 25.0 Å². The highest BCUT2D eigenvalue weighted by Crippen LogP contribution is 2.40. The molecule has 3 rings (SSSR count). The molecule has 0 saturated heterocycles. The van der Waals surface area contributed by atoms with Crippen LogP contribution >= 0.6 is 0 Å². The van der Waals surface area contributed by atoms with Crippen LogP contribution in [0.2, 0.25) is 0 Å². The predicted molar refractivity (Wildman–Crippen MR) is 58.4 cm³/mol. The van der Waals surface area contributed by atoms with Gasteiger partial charge in [-0.25, -0.2) is 0 Å². The van der Waals surface area contributed by atoms with Crippen LogP contribution in [0.3, 0.4) is 0 Å². The summed E-state index contributed by atoms with van der Waals surface area (Å²) in [4.78, 5) is 11.9. The Bertz CT molecular complexity index is 567. The molecule has 0 amide bonds. The number of hydrogen-bond acceptors (Lipinski definition) is 4. The van der Waals surface area contributed by atoms with Crippen LogP contribution in [0.5, 0.6) is 0 Å². The largest absolute Gasteiger partial charge is 0.393 e. The Labute approximate surface area is 91.1 Å². The van der Waals surface area contributed by atoms with E-state index in [1.165, 1.54) is 4.68 Å². The molecule has 16 heavy (non-hydrogen) atoms. The first-order valence-electron chi connectivity index (χ1n) is 5.16. The standard InChI is InChI=1S/C10H11N5O/c11-8-9(6-3-4-6)14-15(10(8)16)7-2-1-5-12-13-7/h1-2,5-6,14H,3-4,11H2. The van der Waals surface area contributed by atoms with Gasteiger partial charge in [0.15, 0.2) is 5.82 Å². The second kappa shape index (κ2) is 3.19. The van der Waals surface area contributed by atoms with Gasteiger partial charge >= 0.3 is 0 Å². The first-order valence-corrected chi connectivity index (χ1v) is 5.16. The lowest BCUT2D eigenvalue weighted by atomic mass is 10.3. The quantitative estimate of drug-likeness (QED) is 0.762. The summed E-state index contributed by atoms with van der Waals surface area (Å²) in [5, 5.41) is 10.6. The van der Waals surface area contributed by atoms with E-state index in [1.807, 2.05) is 0 Å². The lowest BCUT2D eigenvalue weighted by molar-refractivity contribution is 0.770. The zero-order valence-corrected chi connectivity index (χ0v) is 8.55. The molecule has 0 aliphatic heterocycles. The molecule has 0 aromatic carbocycles. The zero-order valence-electron chi connectivity index (χ0n) is 8.55. The summed E-state index contributed by atoms with van der Waals surface area (Å²) in [7, 11) is 0. The van der Waals surface area contributed by atoms with Gasteiger partial charge in [0.05, 0.1) is 5.69 Å². The number of nitrogens with one attached hydrogen (secondary N) is 1. The SMILES string of the molecule is Nc1c(C2CC2)[nH]n(-c2cccnn2)c1=O. The number of nitrogens with two attached hydrogens (primary N) is 1. The number of hydrogen-bond donors (Lipinski definition) is 2. The number of nitrogen functional groups attached to an aromatic ring is 1. The van der Waals surface area contributed by atoms with Crippen LogP contribution in [-0.2, 0) is 0 Å². The normalized spacial score (nSPS) is 15.2. The van der Waals surface area contributed by atoms with E-state index in [0.29, 0.717) is 17.4 Å². The van der Waals surface area contributed by atoms with Crippen LogP contribution in [-0.4, -0.2) is 20.0 Å². The molecular weight excluding hydrogens is 206 g/mol. The first-order chi connectivity index (χ1) is 7.77. The maximum absolute atomic E-state index is 11.9. The first kappa shape index (κ1) is 9.14. The second-order valence-corrected chi connectivity index (χ2v) is 3.94. The van der Waals surface area contributed by atoms with Gasteiger partial charge in [0, 0.05) is 12.1 Å². The van der Waals surface area contributed by atoms with E-state index >= 15 is 0 Å². The highest BCUT2D eigenvalue weighted by Gasteiger charge is 2.29. The molecule has 0 bridgehead atoms. The Morgan fingerprint density at radius 3 is 2.94 bits per heavy atom. The van der Waals surface area contributed by atoms with Crippen LogP contribution in [0, 0.1) is 0 Å². The minimum absolute atomic E-state index is 0.248. The average molecular weight is 217 g/mol. The van der Waals surface area contributed by atoms with E-state index in [4.69, 9.17) is 5.73 Å². The minimum Gasteiger partial charge on any atom is -0.393 e. The third-order valence-corrected chi connectivity index (χ3v) is 2.73. The molecule has 1 aliphatic carbocycles. The molecule has 0 unspecified atom stereocenters. The van der Waals surface area contributed by atoms with Crippen molar-refractivity contribution in [3.05, 3.63) is 34.4 Å². The summed E-state index contributed by atoms with van der Waals surface area (Å²) in [6, 6.07) is 3.43.